The quantitative estimate of drug-likeness (QED) is 0.694. The van der Waals surface area contributed by atoms with Crippen molar-refractivity contribution in [3.63, 3.8) is 0 Å². The molecule has 0 aliphatic carbocycles. The van der Waals surface area contributed by atoms with E-state index in [2.05, 4.69) is 26.1 Å². The predicted octanol–water partition coefficient (Wildman–Crippen LogP) is 2.55. The summed E-state index contributed by atoms with van der Waals surface area (Å²) in [6.07, 6.45) is 4.71. The van der Waals surface area contributed by atoms with Crippen molar-refractivity contribution in [2.24, 2.45) is 5.92 Å². The SMILES string of the molecule is CCCNC(CC1OCCO1)C(C)CCC. The minimum atomic E-state index is 0.0219. The van der Waals surface area contributed by atoms with E-state index in [1.54, 1.807) is 0 Å². The number of rotatable bonds is 8. The van der Waals surface area contributed by atoms with Crippen LogP contribution in [-0.2, 0) is 9.47 Å². The molecule has 1 heterocycles. The third-order valence-corrected chi connectivity index (χ3v) is 3.22. The smallest absolute Gasteiger partial charge is 0.159 e. The second-order valence-corrected chi connectivity index (χ2v) is 4.73. The number of nitrogens with one attached hydrogen (secondary N) is 1. The van der Waals surface area contributed by atoms with E-state index in [0.717, 1.165) is 26.2 Å². The minimum Gasteiger partial charge on any atom is -0.350 e. The number of hydrogen-bond acceptors (Lipinski definition) is 3. The van der Waals surface area contributed by atoms with Crippen LogP contribution in [0.25, 0.3) is 0 Å². The zero-order valence-electron chi connectivity index (χ0n) is 11.0. The van der Waals surface area contributed by atoms with E-state index in [4.69, 9.17) is 9.47 Å². The minimum absolute atomic E-state index is 0.0219. The Bertz CT molecular complexity index is 169. The molecule has 0 amide bonds. The Hall–Kier alpha value is -0.120. The van der Waals surface area contributed by atoms with Gasteiger partial charge in [-0.3, -0.25) is 0 Å². The summed E-state index contributed by atoms with van der Waals surface area (Å²) in [5.74, 6) is 0.698. The molecular formula is C13H27NO2. The third kappa shape index (κ3) is 4.81. The van der Waals surface area contributed by atoms with Crippen LogP contribution in [0.1, 0.15) is 46.5 Å². The van der Waals surface area contributed by atoms with Gasteiger partial charge >= 0.3 is 0 Å². The van der Waals surface area contributed by atoms with Gasteiger partial charge in [0.25, 0.3) is 0 Å². The Morgan fingerprint density at radius 2 is 1.88 bits per heavy atom. The number of hydrogen-bond donors (Lipinski definition) is 1. The molecule has 0 saturated carbocycles. The predicted molar refractivity (Wildman–Crippen MR) is 66.5 cm³/mol. The van der Waals surface area contributed by atoms with E-state index in [9.17, 15) is 0 Å². The van der Waals surface area contributed by atoms with Gasteiger partial charge in [-0.2, -0.15) is 0 Å². The summed E-state index contributed by atoms with van der Waals surface area (Å²) in [5.41, 5.74) is 0. The molecule has 0 radical (unpaired) electrons. The summed E-state index contributed by atoms with van der Waals surface area (Å²) in [7, 11) is 0. The molecule has 1 saturated heterocycles. The lowest BCUT2D eigenvalue weighted by molar-refractivity contribution is -0.0562. The molecule has 0 aromatic heterocycles. The van der Waals surface area contributed by atoms with E-state index < -0.39 is 0 Å². The van der Waals surface area contributed by atoms with Crippen molar-refractivity contribution in [1.82, 2.24) is 5.32 Å². The first-order chi connectivity index (χ1) is 7.77. The van der Waals surface area contributed by atoms with Crippen molar-refractivity contribution in [3.05, 3.63) is 0 Å². The van der Waals surface area contributed by atoms with Crippen LogP contribution in [0.5, 0.6) is 0 Å². The molecule has 1 fully saturated rings. The first-order valence-electron chi connectivity index (χ1n) is 6.74. The van der Waals surface area contributed by atoms with Crippen molar-refractivity contribution < 1.29 is 9.47 Å². The maximum Gasteiger partial charge on any atom is 0.159 e. The summed E-state index contributed by atoms with van der Waals surface area (Å²) < 4.78 is 11.1. The molecule has 96 valence electrons. The molecule has 1 N–H and O–H groups in total. The van der Waals surface area contributed by atoms with Crippen LogP contribution >= 0.6 is 0 Å². The molecule has 1 aliphatic heterocycles. The third-order valence-electron chi connectivity index (χ3n) is 3.22. The van der Waals surface area contributed by atoms with E-state index in [1.165, 1.54) is 19.3 Å². The van der Waals surface area contributed by atoms with Gasteiger partial charge in [-0.1, -0.05) is 27.2 Å². The fraction of sp³-hybridized carbons (Fsp3) is 1.00. The Balaban J connectivity index is 2.34. The van der Waals surface area contributed by atoms with Crippen LogP contribution in [0, 0.1) is 5.92 Å². The molecule has 3 heteroatoms. The average molecular weight is 229 g/mol. The zero-order chi connectivity index (χ0) is 11.8. The normalized spacial score (nSPS) is 21.2. The Labute approximate surface area is 99.9 Å². The van der Waals surface area contributed by atoms with Crippen LogP contribution in [0.2, 0.25) is 0 Å². The van der Waals surface area contributed by atoms with Gasteiger partial charge in [-0.05, 0) is 25.3 Å². The molecule has 2 unspecified atom stereocenters. The van der Waals surface area contributed by atoms with E-state index in [1.807, 2.05) is 0 Å². The summed E-state index contributed by atoms with van der Waals surface area (Å²) in [6.45, 7) is 9.38. The molecule has 0 aromatic rings. The Kier molecular flexibility index (Phi) is 7.01. The summed E-state index contributed by atoms with van der Waals surface area (Å²) >= 11 is 0. The van der Waals surface area contributed by atoms with Crippen molar-refractivity contribution in [3.8, 4) is 0 Å². The van der Waals surface area contributed by atoms with Gasteiger partial charge in [0.15, 0.2) is 6.29 Å². The first kappa shape index (κ1) is 13.9. The Morgan fingerprint density at radius 1 is 1.19 bits per heavy atom. The first-order valence-corrected chi connectivity index (χ1v) is 6.74. The van der Waals surface area contributed by atoms with Gasteiger partial charge in [0.05, 0.1) is 13.2 Å². The lowest BCUT2D eigenvalue weighted by Crippen LogP contribution is -2.38. The summed E-state index contributed by atoms with van der Waals surface area (Å²) in [6, 6.07) is 0.531. The molecule has 0 bridgehead atoms. The average Bonchev–Trinajstić information content (AvgIpc) is 2.77. The van der Waals surface area contributed by atoms with Gasteiger partial charge in [-0.25, -0.2) is 0 Å². The monoisotopic (exact) mass is 229 g/mol. The molecule has 16 heavy (non-hydrogen) atoms. The maximum atomic E-state index is 5.53. The molecule has 0 spiro atoms. The highest BCUT2D eigenvalue weighted by Crippen LogP contribution is 2.19. The lowest BCUT2D eigenvalue weighted by Gasteiger charge is -2.26. The van der Waals surface area contributed by atoms with Crippen LogP contribution in [0.15, 0.2) is 0 Å². The second-order valence-electron chi connectivity index (χ2n) is 4.73. The fourth-order valence-electron chi connectivity index (χ4n) is 2.25. The van der Waals surface area contributed by atoms with E-state index >= 15 is 0 Å². The van der Waals surface area contributed by atoms with Crippen LogP contribution in [0.4, 0.5) is 0 Å². The largest absolute Gasteiger partial charge is 0.350 e. The Morgan fingerprint density at radius 3 is 2.44 bits per heavy atom. The lowest BCUT2D eigenvalue weighted by atomic mass is 9.94. The van der Waals surface area contributed by atoms with Crippen LogP contribution in [-0.4, -0.2) is 32.1 Å². The molecule has 1 rings (SSSR count). The molecule has 2 atom stereocenters. The van der Waals surface area contributed by atoms with Crippen LogP contribution in [0.3, 0.4) is 0 Å². The number of ether oxygens (including phenoxy) is 2. The van der Waals surface area contributed by atoms with Crippen LogP contribution < -0.4 is 5.32 Å². The van der Waals surface area contributed by atoms with E-state index in [0.29, 0.717) is 12.0 Å². The van der Waals surface area contributed by atoms with Crippen molar-refractivity contribution >= 4 is 0 Å². The summed E-state index contributed by atoms with van der Waals surface area (Å²) in [5, 5.41) is 3.62. The highest BCUT2D eigenvalue weighted by molar-refractivity contribution is 4.75. The van der Waals surface area contributed by atoms with Gasteiger partial charge < -0.3 is 14.8 Å². The second kappa shape index (κ2) is 8.04. The molecular weight excluding hydrogens is 202 g/mol. The van der Waals surface area contributed by atoms with Crippen molar-refractivity contribution in [2.45, 2.75) is 58.8 Å². The fourth-order valence-corrected chi connectivity index (χ4v) is 2.25. The molecule has 3 nitrogen and oxygen atoms in total. The van der Waals surface area contributed by atoms with E-state index in [-0.39, 0.29) is 6.29 Å². The van der Waals surface area contributed by atoms with Crippen molar-refractivity contribution in [1.29, 1.82) is 0 Å². The summed E-state index contributed by atoms with van der Waals surface area (Å²) in [4.78, 5) is 0. The molecule has 0 aromatic carbocycles. The van der Waals surface area contributed by atoms with Gasteiger partial charge in [0, 0.05) is 12.5 Å². The zero-order valence-corrected chi connectivity index (χ0v) is 11.0. The van der Waals surface area contributed by atoms with Gasteiger partial charge in [0.1, 0.15) is 0 Å². The maximum absolute atomic E-state index is 5.53. The van der Waals surface area contributed by atoms with Crippen molar-refractivity contribution in [2.75, 3.05) is 19.8 Å². The topological polar surface area (TPSA) is 30.5 Å². The standard InChI is InChI=1S/C13H27NO2/c1-4-6-11(3)12(14-7-5-2)10-13-15-8-9-16-13/h11-14H,4-10H2,1-3H3. The van der Waals surface area contributed by atoms with Gasteiger partial charge in [-0.15, -0.1) is 0 Å². The highest BCUT2D eigenvalue weighted by atomic mass is 16.7. The highest BCUT2D eigenvalue weighted by Gasteiger charge is 2.24. The van der Waals surface area contributed by atoms with Gasteiger partial charge in [0.2, 0.25) is 0 Å². The molecule has 1 aliphatic rings.